The molecule has 0 amide bonds. The SMILES string of the molecule is C=N/C=C(\N=C(C)C)c1cc[n+](CCCC(=O)OC)cc1. The van der Waals surface area contributed by atoms with Crippen molar-refractivity contribution < 1.29 is 14.1 Å². The van der Waals surface area contributed by atoms with Crippen molar-refractivity contribution in [3.05, 3.63) is 36.3 Å². The van der Waals surface area contributed by atoms with Gasteiger partial charge in [0.05, 0.1) is 25.4 Å². The molecule has 0 spiro atoms. The van der Waals surface area contributed by atoms with E-state index in [1.807, 2.05) is 42.9 Å². The smallest absolute Gasteiger partial charge is 0.305 e. The molecule has 0 atom stereocenters. The number of hydrogen-bond acceptors (Lipinski definition) is 4. The third kappa shape index (κ3) is 6.12. The van der Waals surface area contributed by atoms with E-state index >= 15 is 0 Å². The quantitative estimate of drug-likeness (QED) is 0.439. The van der Waals surface area contributed by atoms with Gasteiger partial charge in [0.2, 0.25) is 0 Å². The summed E-state index contributed by atoms with van der Waals surface area (Å²) in [5, 5.41) is 0. The van der Waals surface area contributed by atoms with Crippen molar-refractivity contribution in [2.24, 2.45) is 9.98 Å². The molecule has 0 bridgehead atoms. The van der Waals surface area contributed by atoms with Gasteiger partial charge in [0.25, 0.3) is 0 Å². The Hall–Kier alpha value is -2.30. The van der Waals surface area contributed by atoms with Crippen molar-refractivity contribution in [3.8, 4) is 0 Å². The average Bonchev–Trinajstić information content (AvgIpc) is 2.47. The maximum atomic E-state index is 11.1. The number of pyridine rings is 1. The number of aromatic nitrogens is 1. The van der Waals surface area contributed by atoms with E-state index in [2.05, 4.69) is 21.4 Å². The van der Waals surface area contributed by atoms with Gasteiger partial charge in [-0.1, -0.05) is 0 Å². The molecular weight excluding hydrogens is 266 g/mol. The summed E-state index contributed by atoms with van der Waals surface area (Å²) in [5.41, 5.74) is 2.72. The Balaban J connectivity index is 2.72. The first-order chi connectivity index (χ1) is 10.1. The first-order valence-electron chi connectivity index (χ1n) is 6.81. The molecule has 0 unspecified atom stereocenters. The average molecular weight is 288 g/mol. The lowest BCUT2D eigenvalue weighted by Gasteiger charge is -2.02. The van der Waals surface area contributed by atoms with E-state index < -0.39 is 0 Å². The number of nitrogens with zero attached hydrogens (tertiary/aromatic N) is 3. The van der Waals surface area contributed by atoms with E-state index in [1.165, 1.54) is 7.11 Å². The lowest BCUT2D eigenvalue weighted by atomic mass is 10.2. The molecule has 0 radical (unpaired) electrons. The zero-order valence-corrected chi connectivity index (χ0v) is 12.9. The molecule has 1 aromatic heterocycles. The molecule has 1 aromatic rings. The van der Waals surface area contributed by atoms with E-state index in [1.54, 1.807) is 6.20 Å². The van der Waals surface area contributed by atoms with Crippen LogP contribution in [-0.2, 0) is 16.1 Å². The summed E-state index contributed by atoms with van der Waals surface area (Å²) in [6.45, 7) is 8.11. The van der Waals surface area contributed by atoms with Crippen LogP contribution in [0.15, 0.2) is 40.7 Å². The summed E-state index contributed by atoms with van der Waals surface area (Å²) in [5.74, 6) is -0.178. The van der Waals surface area contributed by atoms with Crippen LogP contribution in [0.4, 0.5) is 0 Å². The minimum atomic E-state index is -0.178. The molecule has 5 nitrogen and oxygen atoms in total. The molecule has 0 aliphatic carbocycles. The fourth-order valence-corrected chi connectivity index (χ4v) is 1.78. The van der Waals surface area contributed by atoms with E-state index in [0.29, 0.717) is 6.42 Å². The molecule has 0 aliphatic heterocycles. The Kier molecular flexibility index (Phi) is 7.01. The fraction of sp³-hybridized carbons (Fsp3) is 0.375. The van der Waals surface area contributed by atoms with Crippen molar-refractivity contribution in [3.63, 3.8) is 0 Å². The highest BCUT2D eigenvalue weighted by atomic mass is 16.5. The molecule has 0 aromatic carbocycles. The number of esters is 1. The molecule has 1 rings (SSSR count). The minimum absolute atomic E-state index is 0.178. The highest BCUT2D eigenvalue weighted by molar-refractivity contribution is 5.85. The molecule has 0 saturated heterocycles. The lowest BCUT2D eigenvalue weighted by Crippen LogP contribution is -2.32. The Labute approximate surface area is 125 Å². The molecule has 5 heteroatoms. The number of ether oxygens (including phenoxy) is 1. The van der Waals surface area contributed by atoms with Crippen LogP contribution in [0, 0.1) is 0 Å². The van der Waals surface area contributed by atoms with Gasteiger partial charge in [-0.2, -0.15) is 0 Å². The van der Waals surface area contributed by atoms with Crippen LogP contribution in [0.2, 0.25) is 0 Å². The van der Waals surface area contributed by atoms with Crippen LogP contribution in [0.5, 0.6) is 0 Å². The number of carbonyl (C=O) groups is 1. The van der Waals surface area contributed by atoms with Crippen molar-refractivity contribution >= 4 is 24.1 Å². The van der Waals surface area contributed by atoms with Crippen molar-refractivity contribution in [1.29, 1.82) is 0 Å². The van der Waals surface area contributed by atoms with Crippen LogP contribution in [0.3, 0.4) is 0 Å². The summed E-state index contributed by atoms with van der Waals surface area (Å²) >= 11 is 0. The monoisotopic (exact) mass is 288 g/mol. The van der Waals surface area contributed by atoms with Gasteiger partial charge in [-0.3, -0.25) is 14.8 Å². The second-order valence-electron chi connectivity index (χ2n) is 4.76. The van der Waals surface area contributed by atoms with E-state index in [4.69, 9.17) is 0 Å². The standard InChI is InChI=1S/C16H22N3O2/c1-13(2)18-15(12-17-3)14-7-10-19(11-8-14)9-5-6-16(20)21-4/h7-8,10-12H,3,5-6,9H2,1-2,4H3/q+1. The Morgan fingerprint density at radius 1 is 1.38 bits per heavy atom. The summed E-state index contributed by atoms with van der Waals surface area (Å²) in [6, 6.07) is 3.95. The Bertz CT molecular complexity index is 541. The molecule has 0 aliphatic rings. The zero-order valence-electron chi connectivity index (χ0n) is 12.9. The summed E-state index contributed by atoms with van der Waals surface area (Å²) < 4.78 is 6.64. The van der Waals surface area contributed by atoms with Crippen LogP contribution < -0.4 is 4.57 Å². The van der Waals surface area contributed by atoms with Gasteiger partial charge >= 0.3 is 5.97 Å². The molecule has 0 fully saturated rings. The van der Waals surface area contributed by atoms with Crippen molar-refractivity contribution in [1.82, 2.24) is 0 Å². The normalized spacial score (nSPS) is 10.9. The van der Waals surface area contributed by atoms with Gasteiger partial charge in [-0.05, 0) is 20.6 Å². The number of aryl methyl sites for hydroxylation is 1. The van der Waals surface area contributed by atoms with Gasteiger partial charge in [0, 0.05) is 29.8 Å². The van der Waals surface area contributed by atoms with Gasteiger partial charge < -0.3 is 4.74 Å². The van der Waals surface area contributed by atoms with Gasteiger partial charge in [0.15, 0.2) is 12.4 Å². The highest BCUT2D eigenvalue weighted by Gasteiger charge is 2.06. The third-order valence-electron chi connectivity index (χ3n) is 2.77. The predicted octanol–water partition coefficient (Wildman–Crippen LogP) is 2.41. The molecule has 21 heavy (non-hydrogen) atoms. The molecule has 112 valence electrons. The highest BCUT2D eigenvalue weighted by Crippen LogP contribution is 2.14. The maximum Gasteiger partial charge on any atom is 0.305 e. The molecule has 1 heterocycles. The first-order valence-corrected chi connectivity index (χ1v) is 6.81. The van der Waals surface area contributed by atoms with E-state index in [9.17, 15) is 4.79 Å². The van der Waals surface area contributed by atoms with Crippen molar-refractivity contribution in [2.45, 2.75) is 33.2 Å². The Morgan fingerprint density at radius 3 is 2.57 bits per heavy atom. The van der Waals surface area contributed by atoms with Crippen LogP contribution in [-0.4, -0.2) is 25.5 Å². The number of methoxy groups -OCH3 is 1. The summed E-state index contributed by atoms with van der Waals surface area (Å²) in [4.78, 5) is 19.3. The van der Waals surface area contributed by atoms with Crippen molar-refractivity contribution in [2.75, 3.05) is 7.11 Å². The zero-order chi connectivity index (χ0) is 15.7. The Morgan fingerprint density at radius 2 is 2.05 bits per heavy atom. The minimum Gasteiger partial charge on any atom is -0.469 e. The summed E-state index contributed by atoms with van der Waals surface area (Å²) in [7, 11) is 1.40. The van der Waals surface area contributed by atoms with Gasteiger partial charge in [0.1, 0.15) is 6.54 Å². The second-order valence-corrected chi connectivity index (χ2v) is 4.76. The first kappa shape index (κ1) is 16.8. The number of carbonyl (C=O) groups excluding carboxylic acids is 1. The fourth-order valence-electron chi connectivity index (χ4n) is 1.78. The van der Waals surface area contributed by atoms with E-state index in [0.717, 1.165) is 29.9 Å². The van der Waals surface area contributed by atoms with Crippen LogP contribution in [0.25, 0.3) is 5.70 Å². The van der Waals surface area contributed by atoms with Gasteiger partial charge in [-0.15, -0.1) is 0 Å². The summed E-state index contributed by atoms with van der Waals surface area (Å²) in [6.07, 6.45) is 6.74. The van der Waals surface area contributed by atoms with Crippen LogP contribution >= 0.6 is 0 Å². The number of aliphatic imine (C=N–C) groups is 2. The maximum absolute atomic E-state index is 11.1. The molecule has 0 N–H and O–H groups in total. The largest absolute Gasteiger partial charge is 0.469 e. The number of rotatable bonds is 7. The molecular formula is C16H22N3O2+. The number of hydrogen-bond donors (Lipinski definition) is 0. The second kappa shape index (κ2) is 8.79. The third-order valence-corrected chi connectivity index (χ3v) is 2.77. The van der Waals surface area contributed by atoms with Gasteiger partial charge in [-0.25, -0.2) is 4.57 Å². The lowest BCUT2D eigenvalue weighted by molar-refractivity contribution is -0.697. The van der Waals surface area contributed by atoms with E-state index in [-0.39, 0.29) is 5.97 Å². The molecule has 0 saturated carbocycles. The van der Waals surface area contributed by atoms with Crippen LogP contribution in [0.1, 0.15) is 32.3 Å². The topological polar surface area (TPSA) is 54.9 Å². The predicted molar refractivity (Wildman–Crippen MR) is 84.2 cm³/mol.